The second-order valence-corrected chi connectivity index (χ2v) is 7.65. The van der Waals surface area contributed by atoms with E-state index in [0.717, 1.165) is 23.8 Å². The molecule has 3 unspecified atom stereocenters. The summed E-state index contributed by atoms with van der Waals surface area (Å²) in [5.41, 5.74) is 2.16. The van der Waals surface area contributed by atoms with Gasteiger partial charge in [0.05, 0.1) is 6.61 Å². The van der Waals surface area contributed by atoms with Crippen molar-refractivity contribution >= 4 is 0 Å². The minimum atomic E-state index is -1.44. The molecular weight excluding hydrogens is 337 g/mol. The standard InChI is InChI=1S/C22H23F3O/c1-2-3-13-4-6-17-16(8-13)12-26-21-11-14(5-7-18(17)21)15-9-19(23)22(25)20(24)10-15/h5,7,9-11,13,16-17H,2-4,6,8,12H2,1H3. The van der Waals surface area contributed by atoms with Crippen molar-refractivity contribution in [3.63, 3.8) is 0 Å². The van der Waals surface area contributed by atoms with Crippen LogP contribution < -0.4 is 4.74 Å². The van der Waals surface area contributed by atoms with Crippen LogP contribution in [0.3, 0.4) is 0 Å². The van der Waals surface area contributed by atoms with Crippen LogP contribution in [0.25, 0.3) is 11.1 Å². The normalized spacial score (nSPS) is 24.5. The number of rotatable bonds is 3. The van der Waals surface area contributed by atoms with Gasteiger partial charge in [0.2, 0.25) is 0 Å². The van der Waals surface area contributed by atoms with E-state index < -0.39 is 17.5 Å². The molecular formula is C22H23F3O. The molecule has 1 heterocycles. The van der Waals surface area contributed by atoms with Crippen molar-refractivity contribution in [1.29, 1.82) is 0 Å². The molecule has 0 bridgehead atoms. The number of benzene rings is 2. The Balaban J connectivity index is 1.61. The smallest absolute Gasteiger partial charge is 0.194 e. The summed E-state index contributed by atoms with van der Waals surface area (Å²) >= 11 is 0. The quantitative estimate of drug-likeness (QED) is 0.571. The molecule has 0 amide bonds. The zero-order chi connectivity index (χ0) is 18.3. The number of hydrogen-bond donors (Lipinski definition) is 0. The topological polar surface area (TPSA) is 9.23 Å². The summed E-state index contributed by atoms with van der Waals surface area (Å²) < 4.78 is 46.3. The third-order valence-electron chi connectivity index (χ3n) is 5.97. The lowest BCUT2D eigenvalue weighted by Crippen LogP contribution is -2.32. The van der Waals surface area contributed by atoms with Gasteiger partial charge in [0, 0.05) is 5.92 Å². The highest BCUT2D eigenvalue weighted by atomic mass is 19.2. The molecule has 2 aromatic rings. The van der Waals surface area contributed by atoms with Crippen LogP contribution in [0.2, 0.25) is 0 Å². The molecule has 1 saturated carbocycles. The van der Waals surface area contributed by atoms with Gasteiger partial charge in [-0.2, -0.15) is 0 Å². The first kappa shape index (κ1) is 17.4. The van der Waals surface area contributed by atoms with E-state index in [4.69, 9.17) is 4.74 Å². The number of halogens is 3. The van der Waals surface area contributed by atoms with Crippen molar-refractivity contribution < 1.29 is 17.9 Å². The van der Waals surface area contributed by atoms with Crippen LogP contribution in [-0.2, 0) is 0 Å². The average molecular weight is 360 g/mol. The number of ether oxygens (including phenoxy) is 1. The summed E-state index contributed by atoms with van der Waals surface area (Å²) in [4.78, 5) is 0. The molecule has 3 atom stereocenters. The summed E-state index contributed by atoms with van der Waals surface area (Å²) in [5, 5.41) is 0. The van der Waals surface area contributed by atoms with Gasteiger partial charge in [-0.25, -0.2) is 13.2 Å². The van der Waals surface area contributed by atoms with Crippen molar-refractivity contribution in [2.45, 2.75) is 44.9 Å². The van der Waals surface area contributed by atoms with Gasteiger partial charge >= 0.3 is 0 Å². The van der Waals surface area contributed by atoms with E-state index in [1.165, 1.54) is 37.7 Å². The largest absolute Gasteiger partial charge is 0.493 e. The Hall–Kier alpha value is -1.97. The Bertz CT molecular complexity index is 794. The molecule has 0 radical (unpaired) electrons. The minimum Gasteiger partial charge on any atom is -0.493 e. The fourth-order valence-electron chi connectivity index (χ4n) is 4.69. The molecule has 0 N–H and O–H groups in total. The van der Waals surface area contributed by atoms with E-state index in [0.29, 0.717) is 29.6 Å². The highest BCUT2D eigenvalue weighted by Gasteiger charge is 2.36. The van der Waals surface area contributed by atoms with Crippen LogP contribution in [-0.4, -0.2) is 6.61 Å². The Morgan fingerprint density at radius 1 is 1.00 bits per heavy atom. The molecule has 1 aliphatic heterocycles. The molecule has 26 heavy (non-hydrogen) atoms. The van der Waals surface area contributed by atoms with E-state index in [9.17, 15) is 13.2 Å². The average Bonchev–Trinajstić information content (AvgIpc) is 2.65. The Morgan fingerprint density at radius 2 is 1.77 bits per heavy atom. The van der Waals surface area contributed by atoms with Crippen molar-refractivity contribution in [1.82, 2.24) is 0 Å². The first-order valence-corrected chi connectivity index (χ1v) is 9.48. The Kier molecular flexibility index (Phi) is 4.68. The molecule has 4 rings (SSSR count). The molecule has 1 nitrogen and oxygen atoms in total. The van der Waals surface area contributed by atoms with E-state index in [2.05, 4.69) is 6.92 Å². The zero-order valence-corrected chi connectivity index (χ0v) is 14.9. The molecule has 0 saturated heterocycles. The summed E-state index contributed by atoms with van der Waals surface area (Å²) in [6, 6.07) is 7.76. The minimum absolute atomic E-state index is 0.321. The molecule has 138 valence electrons. The van der Waals surface area contributed by atoms with Crippen molar-refractivity contribution in [3.05, 3.63) is 53.3 Å². The maximum atomic E-state index is 13.5. The molecule has 1 fully saturated rings. The van der Waals surface area contributed by atoms with E-state index >= 15 is 0 Å². The second-order valence-electron chi connectivity index (χ2n) is 7.65. The molecule has 2 aliphatic rings. The first-order chi connectivity index (χ1) is 12.6. The Labute approximate surface area is 152 Å². The summed E-state index contributed by atoms with van der Waals surface area (Å²) in [5.74, 6) is -1.13. The Morgan fingerprint density at radius 3 is 2.50 bits per heavy atom. The summed E-state index contributed by atoms with van der Waals surface area (Å²) in [7, 11) is 0. The fraction of sp³-hybridized carbons (Fsp3) is 0.455. The van der Waals surface area contributed by atoms with Gasteiger partial charge in [0.25, 0.3) is 0 Å². The molecule has 2 aromatic carbocycles. The van der Waals surface area contributed by atoms with Gasteiger partial charge in [-0.3, -0.25) is 0 Å². The van der Waals surface area contributed by atoms with Gasteiger partial charge in [-0.1, -0.05) is 31.9 Å². The third-order valence-corrected chi connectivity index (χ3v) is 5.97. The van der Waals surface area contributed by atoms with Crippen molar-refractivity contribution in [2.24, 2.45) is 11.8 Å². The lowest BCUT2D eigenvalue weighted by molar-refractivity contribution is 0.125. The molecule has 4 heteroatoms. The number of hydrogen-bond acceptors (Lipinski definition) is 1. The third kappa shape index (κ3) is 3.10. The fourth-order valence-corrected chi connectivity index (χ4v) is 4.69. The highest BCUT2D eigenvalue weighted by Crippen LogP contribution is 2.48. The highest BCUT2D eigenvalue weighted by molar-refractivity contribution is 5.67. The molecule has 0 spiro atoms. The second kappa shape index (κ2) is 6.98. The lowest BCUT2D eigenvalue weighted by Gasteiger charge is -2.40. The predicted octanol–water partition coefficient (Wildman–Crippen LogP) is 6.46. The first-order valence-electron chi connectivity index (χ1n) is 9.48. The SMILES string of the molecule is CCCC1CCC2c3ccc(-c4cc(F)c(F)c(F)c4)cc3OCC2C1. The van der Waals surface area contributed by atoms with Gasteiger partial charge in [0.15, 0.2) is 17.5 Å². The lowest BCUT2D eigenvalue weighted by atomic mass is 9.69. The van der Waals surface area contributed by atoms with Crippen LogP contribution in [0, 0.1) is 29.3 Å². The van der Waals surface area contributed by atoms with Crippen molar-refractivity contribution in [2.75, 3.05) is 6.61 Å². The van der Waals surface area contributed by atoms with Crippen LogP contribution in [0.4, 0.5) is 13.2 Å². The monoisotopic (exact) mass is 360 g/mol. The molecule has 0 aromatic heterocycles. The molecule has 1 aliphatic carbocycles. The van der Waals surface area contributed by atoms with Crippen LogP contribution in [0.15, 0.2) is 30.3 Å². The van der Waals surface area contributed by atoms with Crippen LogP contribution in [0.1, 0.15) is 50.5 Å². The summed E-state index contributed by atoms with van der Waals surface area (Å²) in [6.07, 6.45) is 6.16. The van der Waals surface area contributed by atoms with Gasteiger partial charge in [0.1, 0.15) is 5.75 Å². The van der Waals surface area contributed by atoms with Gasteiger partial charge in [-0.15, -0.1) is 0 Å². The van der Waals surface area contributed by atoms with Crippen LogP contribution in [0.5, 0.6) is 5.75 Å². The predicted molar refractivity (Wildman–Crippen MR) is 95.7 cm³/mol. The van der Waals surface area contributed by atoms with E-state index in [1.54, 1.807) is 0 Å². The van der Waals surface area contributed by atoms with Gasteiger partial charge in [-0.05, 0) is 66.0 Å². The number of fused-ring (bicyclic) bond motifs is 3. The van der Waals surface area contributed by atoms with Crippen molar-refractivity contribution in [3.8, 4) is 16.9 Å². The summed E-state index contributed by atoms with van der Waals surface area (Å²) in [6.45, 7) is 2.94. The van der Waals surface area contributed by atoms with Crippen LogP contribution >= 0.6 is 0 Å². The zero-order valence-electron chi connectivity index (χ0n) is 14.9. The van der Waals surface area contributed by atoms with E-state index in [-0.39, 0.29) is 0 Å². The van der Waals surface area contributed by atoms with Gasteiger partial charge < -0.3 is 4.74 Å². The maximum absolute atomic E-state index is 13.5. The maximum Gasteiger partial charge on any atom is 0.194 e. The van der Waals surface area contributed by atoms with E-state index in [1.807, 2.05) is 18.2 Å².